The number of hydrogen-bond donors (Lipinski definition) is 3. The molecular formula is C17H14N2O7S2. The molecule has 0 spiro atoms. The summed E-state index contributed by atoms with van der Waals surface area (Å²) in [4.78, 5) is 52.5. The molecule has 0 bridgehead atoms. The molecule has 2 unspecified atom stereocenters. The Bertz CT molecular complexity index is 1060. The van der Waals surface area contributed by atoms with Gasteiger partial charge in [0.1, 0.15) is 11.8 Å². The number of likely N-dealkylation sites (tertiary alicyclic amines) is 1. The van der Waals surface area contributed by atoms with Crippen LogP contribution in [0.5, 0.6) is 11.5 Å². The molecule has 3 heterocycles. The van der Waals surface area contributed by atoms with Gasteiger partial charge in [-0.3, -0.25) is 24.1 Å². The van der Waals surface area contributed by atoms with E-state index >= 15 is 0 Å². The minimum atomic E-state index is -1.28. The number of amides is 2. The lowest BCUT2D eigenvalue weighted by Crippen LogP contribution is -2.36. The SMILES string of the molecule is COc1cc([C@@H]2c3sc(=O)[nH]c3SC3C(=O)N(CC(=O)O)C(=O)C32)ccc1O. The van der Waals surface area contributed by atoms with Crippen molar-refractivity contribution in [1.29, 1.82) is 0 Å². The molecule has 0 radical (unpaired) electrons. The summed E-state index contributed by atoms with van der Waals surface area (Å²) in [6, 6.07) is 4.57. The van der Waals surface area contributed by atoms with Crippen LogP contribution >= 0.6 is 23.1 Å². The van der Waals surface area contributed by atoms with Crippen LogP contribution in [0.3, 0.4) is 0 Å². The van der Waals surface area contributed by atoms with Gasteiger partial charge in [-0.1, -0.05) is 29.2 Å². The number of nitrogens with one attached hydrogen (secondary N) is 1. The molecule has 3 N–H and O–H groups in total. The third-order valence-corrected chi connectivity index (χ3v) is 7.17. The number of imide groups is 1. The Balaban J connectivity index is 1.87. The van der Waals surface area contributed by atoms with Crippen LogP contribution in [0.4, 0.5) is 0 Å². The lowest BCUT2D eigenvalue weighted by molar-refractivity contribution is -0.149. The fourth-order valence-corrected chi connectivity index (χ4v) is 6.15. The van der Waals surface area contributed by atoms with E-state index in [1.807, 2.05) is 0 Å². The summed E-state index contributed by atoms with van der Waals surface area (Å²) in [6.45, 7) is -0.707. The molecule has 28 heavy (non-hydrogen) atoms. The number of aromatic nitrogens is 1. The van der Waals surface area contributed by atoms with Gasteiger partial charge in [-0.2, -0.15) is 0 Å². The van der Waals surface area contributed by atoms with Crippen LogP contribution in [0.15, 0.2) is 28.0 Å². The van der Waals surface area contributed by atoms with E-state index in [1.54, 1.807) is 12.1 Å². The molecule has 1 saturated heterocycles. The van der Waals surface area contributed by atoms with Crippen molar-refractivity contribution in [3.63, 3.8) is 0 Å². The largest absolute Gasteiger partial charge is 0.504 e. The van der Waals surface area contributed by atoms with E-state index in [9.17, 15) is 24.3 Å². The number of methoxy groups -OCH3 is 1. The number of thiazole rings is 1. The van der Waals surface area contributed by atoms with Crippen molar-refractivity contribution >= 4 is 40.9 Å². The summed E-state index contributed by atoms with van der Waals surface area (Å²) < 4.78 is 5.14. The van der Waals surface area contributed by atoms with Crippen molar-refractivity contribution in [1.82, 2.24) is 9.88 Å². The molecular weight excluding hydrogens is 408 g/mol. The molecule has 2 aliphatic rings. The molecule has 146 valence electrons. The van der Waals surface area contributed by atoms with Crippen molar-refractivity contribution in [2.45, 2.75) is 16.2 Å². The normalized spacial score (nSPS) is 23.5. The number of ether oxygens (including phenoxy) is 1. The van der Waals surface area contributed by atoms with Gasteiger partial charge in [0, 0.05) is 10.8 Å². The number of nitrogens with zero attached hydrogens (tertiary/aromatic N) is 1. The molecule has 0 aliphatic carbocycles. The predicted octanol–water partition coefficient (Wildman–Crippen LogP) is 0.826. The maximum absolute atomic E-state index is 13.0. The van der Waals surface area contributed by atoms with E-state index in [0.29, 0.717) is 15.5 Å². The molecule has 9 nitrogen and oxygen atoms in total. The van der Waals surface area contributed by atoms with Gasteiger partial charge in [-0.25, -0.2) is 0 Å². The first kappa shape index (κ1) is 18.6. The summed E-state index contributed by atoms with van der Waals surface area (Å²) in [7, 11) is 1.39. The van der Waals surface area contributed by atoms with Crippen molar-refractivity contribution in [2.75, 3.05) is 13.7 Å². The van der Waals surface area contributed by atoms with Crippen LogP contribution < -0.4 is 9.61 Å². The molecule has 1 aromatic heterocycles. The monoisotopic (exact) mass is 422 g/mol. The first-order valence-corrected chi connectivity index (χ1v) is 9.85. The van der Waals surface area contributed by atoms with Crippen LogP contribution in [0.25, 0.3) is 0 Å². The van der Waals surface area contributed by atoms with Crippen LogP contribution in [0.1, 0.15) is 16.4 Å². The molecule has 2 aliphatic heterocycles. The second kappa shape index (κ2) is 6.67. The summed E-state index contributed by atoms with van der Waals surface area (Å²) in [5.41, 5.74) is 0.583. The number of aromatic hydroxyl groups is 1. The van der Waals surface area contributed by atoms with E-state index in [2.05, 4.69) is 4.98 Å². The second-order valence-corrected chi connectivity index (χ2v) is 8.50. The highest BCUT2D eigenvalue weighted by molar-refractivity contribution is 8.00. The van der Waals surface area contributed by atoms with Gasteiger partial charge in [0.25, 0.3) is 0 Å². The zero-order chi connectivity index (χ0) is 20.2. The zero-order valence-electron chi connectivity index (χ0n) is 14.4. The number of hydrogen-bond acceptors (Lipinski definition) is 8. The highest BCUT2D eigenvalue weighted by atomic mass is 32.2. The van der Waals surface area contributed by atoms with E-state index in [-0.39, 0.29) is 16.4 Å². The number of H-pyrrole nitrogens is 1. The molecule has 11 heteroatoms. The minimum absolute atomic E-state index is 0.0863. The number of carbonyl (C=O) groups excluding carboxylic acids is 2. The number of phenols is 1. The number of carbonyl (C=O) groups is 3. The van der Waals surface area contributed by atoms with Gasteiger partial charge in [0.15, 0.2) is 11.5 Å². The number of aromatic amines is 1. The van der Waals surface area contributed by atoms with Crippen molar-refractivity contribution < 1.29 is 29.3 Å². The Morgan fingerprint density at radius 2 is 2.04 bits per heavy atom. The van der Waals surface area contributed by atoms with E-state index in [1.165, 1.54) is 13.2 Å². The van der Waals surface area contributed by atoms with Gasteiger partial charge in [0.05, 0.1) is 18.1 Å². The van der Waals surface area contributed by atoms with Crippen molar-refractivity contribution in [3.8, 4) is 11.5 Å². The average molecular weight is 422 g/mol. The average Bonchev–Trinajstić information content (AvgIpc) is 3.12. The Hall–Kier alpha value is -2.79. The second-order valence-electron chi connectivity index (χ2n) is 6.34. The number of benzene rings is 1. The van der Waals surface area contributed by atoms with E-state index in [4.69, 9.17) is 9.84 Å². The number of carboxylic acid groups (broad SMARTS) is 1. The van der Waals surface area contributed by atoms with Crippen LogP contribution in [-0.4, -0.2) is 56.8 Å². The topological polar surface area (TPSA) is 137 Å². The van der Waals surface area contributed by atoms with Crippen LogP contribution in [0.2, 0.25) is 0 Å². The number of rotatable bonds is 4. The molecule has 1 aromatic carbocycles. The first-order valence-electron chi connectivity index (χ1n) is 8.15. The third-order valence-electron chi connectivity index (χ3n) is 4.77. The van der Waals surface area contributed by atoms with Crippen LogP contribution in [0, 0.1) is 5.92 Å². The number of aliphatic carboxylic acids is 1. The fourth-order valence-electron chi connectivity index (χ4n) is 3.61. The summed E-state index contributed by atoms with van der Waals surface area (Å²) in [6.07, 6.45) is 0. The van der Waals surface area contributed by atoms with Crippen molar-refractivity contribution in [2.24, 2.45) is 5.92 Å². The fraction of sp³-hybridized carbons (Fsp3) is 0.294. The van der Waals surface area contributed by atoms with Gasteiger partial charge in [0.2, 0.25) is 11.8 Å². The predicted molar refractivity (Wildman–Crippen MR) is 98.9 cm³/mol. The summed E-state index contributed by atoms with van der Waals surface area (Å²) >= 11 is 2.02. The standard InChI is InChI=1S/C17H14N2O7S2/c1-26-8-4-6(2-3-7(8)20)10-11-13(27-14-12(10)28-17(25)18-14)16(24)19(15(11)23)5-9(21)22/h2-4,10-11,13,20H,5H2,1H3,(H,18,25)(H,21,22)/t10-,11?,13?/m0/s1. The number of carboxylic acids is 1. The van der Waals surface area contributed by atoms with Gasteiger partial charge < -0.3 is 19.9 Å². The van der Waals surface area contributed by atoms with Crippen LogP contribution in [-0.2, 0) is 14.4 Å². The maximum atomic E-state index is 13.0. The number of phenolic OH excluding ortho intramolecular Hbond substituents is 1. The molecule has 3 atom stereocenters. The molecule has 0 saturated carbocycles. The van der Waals surface area contributed by atoms with Gasteiger partial charge in [-0.05, 0) is 17.7 Å². The summed E-state index contributed by atoms with van der Waals surface area (Å²) in [5, 5.41) is 18.6. The zero-order valence-corrected chi connectivity index (χ0v) is 16.0. The lowest BCUT2D eigenvalue weighted by atomic mass is 9.83. The van der Waals surface area contributed by atoms with E-state index in [0.717, 1.165) is 28.0 Å². The van der Waals surface area contributed by atoms with Gasteiger partial charge >= 0.3 is 10.8 Å². The smallest absolute Gasteiger partial charge is 0.323 e. The lowest BCUT2D eigenvalue weighted by Gasteiger charge is -2.30. The molecule has 1 fully saturated rings. The quantitative estimate of drug-likeness (QED) is 0.616. The van der Waals surface area contributed by atoms with Crippen molar-refractivity contribution in [3.05, 3.63) is 38.3 Å². The molecule has 2 aromatic rings. The Labute approximate surface area is 165 Å². The number of thioether (sulfide) groups is 1. The third kappa shape index (κ3) is 2.78. The van der Waals surface area contributed by atoms with Gasteiger partial charge in [-0.15, -0.1) is 0 Å². The first-order chi connectivity index (χ1) is 13.3. The minimum Gasteiger partial charge on any atom is -0.504 e. The number of fused-ring (bicyclic) bond motifs is 2. The Morgan fingerprint density at radius 3 is 2.71 bits per heavy atom. The summed E-state index contributed by atoms with van der Waals surface area (Å²) in [5.74, 6) is -3.85. The Kier molecular flexibility index (Phi) is 4.42. The van der Waals surface area contributed by atoms with E-state index < -0.39 is 41.4 Å². The molecule has 4 rings (SSSR count). The Morgan fingerprint density at radius 1 is 1.29 bits per heavy atom. The maximum Gasteiger partial charge on any atom is 0.323 e. The highest BCUT2D eigenvalue weighted by Crippen LogP contribution is 2.53. The molecule has 2 amide bonds. The highest BCUT2D eigenvalue weighted by Gasteiger charge is 2.56.